The van der Waals surface area contributed by atoms with Crippen molar-refractivity contribution in [1.29, 1.82) is 0 Å². The van der Waals surface area contributed by atoms with E-state index in [0.29, 0.717) is 12.1 Å². The molecule has 0 fully saturated rings. The van der Waals surface area contributed by atoms with Crippen LogP contribution in [0.4, 0.5) is 26.3 Å². The molecule has 0 aliphatic carbocycles. The van der Waals surface area contributed by atoms with Gasteiger partial charge in [0.15, 0.2) is 0 Å². The van der Waals surface area contributed by atoms with Crippen molar-refractivity contribution in [1.82, 2.24) is 0 Å². The Labute approximate surface area is 116 Å². The maximum absolute atomic E-state index is 12.7. The molecule has 3 nitrogen and oxygen atoms in total. The molecule has 0 aliphatic rings. The number of halogens is 6. The number of ether oxygens (including phenoxy) is 1. The van der Waals surface area contributed by atoms with Crippen molar-refractivity contribution in [3.63, 3.8) is 0 Å². The molecule has 3 N–H and O–H groups in total. The molecule has 0 radical (unpaired) electrons. The molecule has 1 atom stereocenters. The minimum Gasteiger partial charge on any atom is -0.394 e. The average molecular weight is 317 g/mol. The fourth-order valence-electron chi connectivity index (χ4n) is 1.66. The van der Waals surface area contributed by atoms with E-state index in [2.05, 4.69) is 0 Å². The fourth-order valence-corrected chi connectivity index (χ4v) is 1.66. The summed E-state index contributed by atoms with van der Waals surface area (Å²) >= 11 is 0. The van der Waals surface area contributed by atoms with Crippen LogP contribution in [0.3, 0.4) is 0 Å². The highest BCUT2D eigenvalue weighted by atomic mass is 19.4. The van der Waals surface area contributed by atoms with E-state index in [1.54, 1.807) is 0 Å². The Morgan fingerprint density at radius 3 is 1.81 bits per heavy atom. The highest BCUT2D eigenvalue weighted by Crippen LogP contribution is 2.37. The maximum Gasteiger partial charge on any atom is 0.416 e. The number of rotatable bonds is 5. The lowest BCUT2D eigenvalue weighted by atomic mass is 10.0. The van der Waals surface area contributed by atoms with Crippen LogP contribution in [0.1, 0.15) is 22.8 Å². The fraction of sp³-hybridized carbons (Fsp3) is 0.500. The third kappa shape index (κ3) is 4.87. The Balaban J connectivity index is 3.30. The van der Waals surface area contributed by atoms with Crippen LogP contribution in [-0.2, 0) is 17.1 Å². The van der Waals surface area contributed by atoms with E-state index in [-0.39, 0.29) is 24.8 Å². The van der Waals surface area contributed by atoms with E-state index in [1.807, 2.05) is 0 Å². The molecule has 0 spiro atoms. The zero-order chi connectivity index (χ0) is 16.3. The molecule has 0 bridgehead atoms. The predicted octanol–water partition coefficient (Wildman–Crippen LogP) is 2.73. The van der Waals surface area contributed by atoms with Gasteiger partial charge in [-0.15, -0.1) is 0 Å². The summed E-state index contributed by atoms with van der Waals surface area (Å²) in [6.45, 7) is -1.00. The monoisotopic (exact) mass is 317 g/mol. The van der Waals surface area contributed by atoms with Gasteiger partial charge >= 0.3 is 12.4 Å². The van der Waals surface area contributed by atoms with Crippen molar-refractivity contribution in [2.75, 3.05) is 19.8 Å². The first-order valence-electron chi connectivity index (χ1n) is 5.81. The molecular formula is C12H13F6NO2. The SMILES string of the molecule is NCC(OCCO)c1cc(C(F)(F)F)cc(C(F)(F)F)c1. The van der Waals surface area contributed by atoms with Crippen LogP contribution in [0.5, 0.6) is 0 Å². The first kappa shape index (κ1) is 17.7. The molecule has 1 rings (SSSR count). The lowest BCUT2D eigenvalue weighted by Crippen LogP contribution is -2.20. The van der Waals surface area contributed by atoms with Gasteiger partial charge in [-0.3, -0.25) is 0 Å². The van der Waals surface area contributed by atoms with E-state index in [0.717, 1.165) is 0 Å². The van der Waals surface area contributed by atoms with Gasteiger partial charge in [-0.25, -0.2) is 0 Å². The Morgan fingerprint density at radius 1 is 1.00 bits per heavy atom. The third-order valence-corrected chi connectivity index (χ3v) is 2.61. The van der Waals surface area contributed by atoms with Gasteiger partial charge in [0.25, 0.3) is 0 Å². The molecule has 1 aromatic rings. The van der Waals surface area contributed by atoms with Gasteiger partial charge in [0.05, 0.1) is 30.4 Å². The molecule has 1 aromatic carbocycles. The van der Waals surface area contributed by atoms with Crippen molar-refractivity contribution in [3.8, 4) is 0 Å². The summed E-state index contributed by atoms with van der Waals surface area (Å²) in [5.41, 5.74) is 2.09. The van der Waals surface area contributed by atoms with Crippen LogP contribution in [0, 0.1) is 0 Å². The van der Waals surface area contributed by atoms with Gasteiger partial charge in [-0.05, 0) is 23.8 Å². The zero-order valence-electron chi connectivity index (χ0n) is 10.6. The molecule has 21 heavy (non-hydrogen) atoms. The molecule has 9 heteroatoms. The van der Waals surface area contributed by atoms with Gasteiger partial charge < -0.3 is 15.6 Å². The van der Waals surface area contributed by atoms with Crippen LogP contribution < -0.4 is 5.73 Å². The molecule has 0 saturated carbocycles. The highest BCUT2D eigenvalue weighted by Gasteiger charge is 2.37. The second kappa shape index (κ2) is 6.63. The van der Waals surface area contributed by atoms with Crippen molar-refractivity contribution >= 4 is 0 Å². The molecule has 0 saturated heterocycles. The number of aliphatic hydroxyl groups is 1. The summed E-state index contributed by atoms with van der Waals surface area (Å²) in [6.07, 6.45) is -11.0. The van der Waals surface area contributed by atoms with Crippen molar-refractivity contribution in [2.45, 2.75) is 18.5 Å². The Kier molecular flexibility index (Phi) is 5.60. The second-order valence-corrected chi connectivity index (χ2v) is 4.16. The summed E-state index contributed by atoms with van der Waals surface area (Å²) in [5, 5.41) is 8.60. The van der Waals surface area contributed by atoms with Crippen molar-refractivity contribution in [2.24, 2.45) is 5.73 Å². The van der Waals surface area contributed by atoms with Crippen LogP contribution in [0.25, 0.3) is 0 Å². The summed E-state index contributed by atoms with van der Waals surface area (Å²) in [6, 6.07) is 1.15. The lowest BCUT2D eigenvalue weighted by molar-refractivity contribution is -0.143. The van der Waals surface area contributed by atoms with E-state index < -0.39 is 36.2 Å². The van der Waals surface area contributed by atoms with E-state index in [1.165, 1.54) is 0 Å². The molecule has 0 heterocycles. The average Bonchev–Trinajstić information content (AvgIpc) is 2.37. The van der Waals surface area contributed by atoms with Gasteiger partial charge in [0.1, 0.15) is 0 Å². The van der Waals surface area contributed by atoms with Gasteiger partial charge in [0.2, 0.25) is 0 Å². The Hall–Kier alpha value is -1.32. The van der Waals surface area contributed by atoms with Gasteiger partial charge in [-0.1, -0.05) is 0 Å². The topological polar surface area (TPSA) is 55.5 Å². The van der Waals surface area contributed by atoms with E-state index in [4.69, 9.17) is 15.6 Å². The number of hydrogen-bond acceptors (Lipinski definition) is 3. The summed E-state index contributed by atoms with van der Waals surface area (Å²) in [7, 11) is 0. The first-order valence-corrected chi connectivity index (χ1v) is 5.81. The molecule has 0 amide bonds. The first-order chi connectivity index (χ1) is 9.59. The number of nitrogens with two attached hydrogens (primary N) is 1. The second-order valence-electron chi connectivity index (χ2n) is 4.16. The third-order valence-electron chi connectivity index (χ3n) is 2.61. The summed E-state index contributed by atoms with van der Waals surface area (Å²) in [4.78, 5) is 0. The molecule has 0 aliphatic heterocycles. The maximum atomic E-state index is 12.7. The normalized spacial score (nSPS) is 14.3. The minimum absolute atomic E-state index is 0.0309. The number of benzene rings is 1. The van der Waals surface area contributed by atoms with Crippen LogP contribution in [0.15, 0.2) is 18.2 Å². The van der Waals surface area contributed by atoms with Crippen LogP contribution in [-0.4, -0.2) is 24.9 Å². The lowest BCUT2D eigenvalue weighted by Gasteiger charge is -2.20. The molecule has 0 aromatic heterocycles. The predicted molar refractivity (Wildman–Crippen MR) is 61.3 cm³/mol. The largest absolute Gasteiger partial charge is 0.416 e. The van der Waals surface area contributed by atoms with E-state index in [9.17, 15) is 26.3 Å². The van der Waals surface area contributed by atoms with Crippen LogP contribution >= 0.6 is 0 Å². The van der Waals surface area contributed by atoms with Gasteiger partial charge in [0, 0.05) is 6.54 Å². The standard InChI is InChI=1S/C12H13F6NO2/c13-11(14,15)8-3-7(10(6-19)21-2-1-20)4-9(5-8)12(16,17)18/h3-5,10,20H,1-2,6,19H2. The summed E-state index contributed by atoms with van der Waals surface area (Å²) < 4.78 is 81.0. The number of hydrogen-bond donors (Lipinski definition) is 2. The Morgan fingerprint density at radius 2 is 1.48 bits per heavy atom. The minimum atomic E-state index is -4.92. The van der Waals surface area contributed by atoms with Crippen LogP contribution in [0.2, 0.25) is 0 Å². The zero-order valence-corrected chi connectivity index (χ0v) is 10.6. The molecule has 1 unspecified atom stereocenters. The number of aliphatic hydroxyl groups excluding tert-OH is 1. The summed E-state index contributed by atoms with van der Waals surface area (Å²) in [5.74, 6) is 0. The van der Waals surface area contributed by atoms with Crippen molar-refractivity contribution in [3.05, 3.63) is 34.9 Å². The highest BCUT2D eigenvalue weighted by molar-refractivity contribution is 5.35. The number of alkyl halides is 6. The van der Waals surface area contributed by atoms with E-state index >= 15 is 0 Å². The van der Waals surface area contributed by atoms with Gasteiger partial charge in [-0.2, -0.15) is 26.3 Å². The molecular weight excluding hydrogens is 304 g/mol. The molecule has 120 valence electrons. The quantitative estimate of drug-likeness (QED) is 0.821. The smallest absolute Gasteiger partial charge is 0.394 e. The Bertz CT molecular complexity index is 440. The van der Waals surface area contributed by atoms with Crippen molar-refractivity contribution < 1.29 is 36.2 Å².